The van der Waals surface area contributed by atoms with Gasteiger partial charge in [-0.1, -0.05) is 24.3 Å². The summed E-state index contributed by atoms with van der Waals surface area (Å²) < 4.78 is 28.6. The molecule has 0 bridgehead atoms. The molecule has 0 radical (unpaired) electrons. The summed E-state index contributed by atoms with van der Waals surface area (Å²) in [5.41, 5.74) is 2.32. The van der Waals surface area contributed by atoms with Crippen LogP contribution in [-0.2, 0) is 10.0 Å². The smallest absolute Gasteiger partial charge is 0.274 e. The number of nitrogens with zero attached hydrogens (tertiary/aromatic N) is 4. The molecule has 1 aromatic heterocycles. The second-order valence-corrected chi connectivity index (χ2v) is 9.68. The zero-order valence-electron chi connectivity index (χ0n) is 17.9. The van der Waals surface area contributed by atoms with Gasteiger partial charge in [-0.25, -0.2) is 8.42 Å². The lowest BCUT2D eigenvalue weighted by Gasteiger charge is -2.33. The Bertz CT molecular complexity index is 1310. The van der Waals surface area contributed by atoms with Gasteiger partial charge in [0.25, 0.3) is 11.5 Å². The highest BCUT2D eigenvalue weighted by Crippen LogP contribution is 2.21. The van der Waals surface area contributed by atoms with E-state index in [4.69, 9.17) is 0 Å². The van der Waals surface area contributed by atoms with Crippen molar-refractivity contribution in [2.45, 2.75) is 18.7 Å². The third-order valence-corrected chi connectivity index (χ3v) is 7.56. The van der Waals surface area contributed by atoms with Crippen molar-refractivity contribution in [2.24, 2.45) is 0 Å². The van der Waals surface area contributed by atoms with E-state index in [1.807, 2.05) is 19.9 Å². The van der Waals surface area contributed by atoms with Crippen LogP contribution in [0.15, 0.2) is 70.4 Å². The van der Waals surface area contributed by atoms with E-state index in [0.29, 0.717) is 5.69 Å². The molecule has 1 fully saturated rings. The fourth-order valence-electron chi connectivity index (χ4n) is 3.60. The van der Waals surface area contributed by atoms with Crippen LogP contribution in [0.25, 0.3) is 5.69 Å². The van der Waals surface area contributed by atoms with E-state index < -0.39 is 10.0 Å². The van der Waals surface area contributed by atoms with E-state index in [1.54, 1.807) is 47.4 Å². The maximum Gasteiger partial charge on any atom is 0.274 e. The second-order valence-electron chi connectivity index (χ2n) is 7.75. The van der Waals surface area contributed by atoms with Crippen LogP contribution >= 0.6 is 0 Å². The number of benzene rings is 2. The topological polar surface area (TPSA) is 92.6 Å². The lowest BCUT2D eigenvalue weighted by atomic mass is 10.1. The molecule has 0 spiro atoms. The highest BCUT2D eigenvalue weighted by molar-refractivity contribution is 7.89. The molecule has 0 atom stereocenters. The summed E-state index contributed by atoms with van der Waals surface area (Å²) in [5, 5.41) is 4.23. The van der Waals surface area contributed by atoms with Gasteiger partial charge in [-0.15, -0.1) is 0 Å². The van der Waals surface area contributed by atoms with E-state index in [1.165, 1.54) is 21.1 Å². The van der Waals surface area contributed by atoms with Crippen molar-refractivity contribution in [1.29, 1.82) is 0 Å². The van der Waals surface area contributed by atoms with Crippen LogP contribution in [0.3, 0.4) is 0 Å². The SMILES string of the molecule is Cc1ccc(S(=O)(=O)N2CCN(C(=O)c3ccc(=O)n(-c4ccccc4)n3)CC2)cc1C. The standard InChI is InChI=1S/C23H24N4O4S/c1-17-8-9-20(16-18(17)2)32(30,31)26-14-12-25(13-15-26)23(29)21-10-11-22(28)27(24-21)19-6-4-3-5-7-19/h3-11,16H,12-15H2,1-2H3. The van der Waals surface area contributed by atoms with Gasteiger partial charge in [0, 0.05) is 32.2 Å². The summed E-state index contributed by atoms with van der Waals surface area (Å²) in [4.78, 5) is 27.0. The lowest BCUT2D eigenvalue weighted by Crippen LogP contribution is -2.50. The molecule has 2 aromatic carbocycles. The summed E-state index contributed by atoms with van der Waals surface area (Å²) in [5.74, 6) is -0.335. The molecule has 0 N–H and O–H groups in total. The zero-order valence-corrected chi connectivity index (χ0v) is 18.7. The summed E-state index contributed by atoms with van der Waals surface area (Å²) in [6, 6.07) is 16.7. The number of aryl methyl sites for hydroxylation is 2. The largest absolute Gasteiger partial charge is 0.335 e. The fraction of sp³-hybridized carbons (Fsp3) is 0.261. The Labute approximate surface area is 186 Å². The van der Waals surface area contributed by atoms with Crippen LogP contribution in [-0.4, -0.2) is 59.5 Å². The van der Waals surface area contributed by atoms with Crippen molar-refractivity contribution >= 4 is 15.9 Å². The molecule has 3 aromatic rings. The number of hydrogen-bond acceptors (Lipinski definition) is 5. The van der Waals surface area contributed by atoms with Crippen molar-refractivity contribution in [3.05, 3.63) is 87.8 Å². The molecule has 166 valence electrons. The Morgan fingerprint density at radius 1 is 0.875 bits per heavy atom. The number of hydrogen-bond donors (Lipinski definition) is 0. The van der Waals surface area contributed by atoms with Gasteiger partial charge in [-0.05, 0) is 55.3 Å². The molecule has 4 rings (SSSR count). The number of carbonyl (C=O) groups is 1. The molecule has 1 amide bonds. The quantitative estimate of drug-likeness (QED) is 0.604. The summed E-state index contributed by atoms with van der Waals surface area (Å²) >= 11 is 0. The maximum absolute atomic E-state index is 13.0. The number of rotatable bonds is 4. The van der Waals surface area contributed by atoms with Gasteiger partial charge < -0.3 is 4.90 Å². The van der Waals surface area contributed by atoms with Gasteiger partial charge in [0.15, 0.2) is 0 Å². The summed E-state index contributed by atoms with van der Waals surface area (Å²) in [6.45, 7) is 4.70. The number of aromatic nitrogens is 2. The molecule has 1 aliphatic rings. The number of piperazine rings is 1. The molecular formula is C23H24N4O4S. The van der Waals surface area contributed by atoms with Gasteiger partial charge in [0.2, 0.25) is 10.0 Å². The molecule has 1 aliphatic heterocycles. The number of amides is 1. The Hall–Kier alpha value is -3.30. The molecule has 0 saturated carbocycles. The number of carbonyl (C=O) groups excluding carboxylic acids is 1. The molecule has 32 heavy (non-hydrogen) atoms. The van der Waals surface area contributed by atoms with Crippen molar-refractivity contribution in [2.75, 3.05) is 26.2 Å². The molecule has 2 heterocycles. The Morgan fingerprint density at radius 2 is 1.56 bits per heavy atom. The Balaban J connectivity index is 1.49. The van der Waals surface area contributed by atoms with Crippen LogP contribution in [0.1, 0.15) is 21.6 Å². The van der Waals surface area contributed by atoms with Crippen LogP contribution in [0.2, 0.25) is 0 Å². The van der Waals surface area contributed by atoms with Crippen molar-refractivity contribution < 1.29 is 13.2 Å². The molecular weight excluding hydrogens is 428 g/mol. The van der Waals surface area contributed by atoms with Gasteiger partial charge in [0.05, 0.1) is 10.6 Å². The summed E-state index contributed by atoms with van der Waals surface area (Å²) in [6.07, 6.45) is 0. The van der Waals surface area contributed by atoms with Crippen LogP contribution < -0.4 is 5.56 Å². The minimum atomic E-state index is -3.63. The average molecular weight is 453 g/mol. The van der Waals surface area contributed by atoms with Crippen LogP contribution in [0.4, 0.5) is 0 Å². The van der Waals surface area contributed by atoms with E-state index in [9.17, 15) is 18.0 Å². The van der Waals surface area contributed by atoms with E-state index in [2.05, 4.69) is 5.10 Å². The first-order valence-corrected chi connectivity index (χ1v) is 11.7. The average Bonchev–Trinajstić information content (AvgIpc) is 2.81. The molecule has 9 heteroatoms. The second kappa shape index (κ2) is 8.68. The van der Waals surface area contributed by atoms with E-state index in [-0.39, 0.29) is 48.2 Å². The minimum Gasteiger partial charge on any atom is -0.335 e. The van der Waals surface area contributed by atoms with Crippen LogP contribution in [0, 0.1) is 13.8 Å². The fourth-order valence-corrected chi connectivity index (χ4v) is 5.10. The first kappa shape index (κ1) is 21.9. The lowest BCUT2D eigenvalue weighted by molar-refractivity contribution is 0.0690. The number of sulfonamides is 1. The molecule has 1 saturated heterocycles. The third kappa shape index (κ3) is 4.21. The highest BCUT2D eigenvalue weighted by atomic mass is 32.2. The normalized spacial score (nSPS) is 15.0. The van der Waals surface area contributed by atoms with E-state index in [0.717, 1.165) is 11.1 Å². The van der Waals surface area contributed by atoms with Gasteiger partial charge in [-0.3, -0.25) is 9.59 Å². The minimum absolute atomic E-state index is 0.138. The first-order valence-electron chi connectivity index (χ1n) is 10.3. The monoisotopic (exact) mass is 452 g/mol. The Morgan fingerprint density at radius 3 is 2.22 bits per heavy atom. The van der Waals surface area contributed by atoms with Crippen molar-refractivity contribution in [1.82, 2.24) is 19.0 Å². The molecule has 8 nitrogen and oxygen atoms in total. The molecule has 0 aliphatic carbocycles. The number of para-hydroxylation sites is 1. The summed E-state index contributed by atoms with van der Waals surface area (Å²) in [7, 11) is -3.63. The van der Waals surface area contributed by atoms with Crippen molar-refractivity contribution in [3.8, 4) is 5.69 Å². The highest BCUT2D eigenvalue weighted by Gasteiger charge is 2.31. The predicted molar refractivity (Wildman–Crippen MR) is 120 cm³/mol. The van der Waals surface area contributed by atoms with Crippen LogP contribution in [0.5, 0.6) is 0 Å². The van der Waals surface area contributed by atoms with E-state index >= 15 is 0 Å². The predicted octanol–water partition coefficient (Wildman–Crippen LogP) is 2.00. The third-order valence-electron chi connectivity index (χ3n) is 5.66. The van der Waals surface area contributed by atoms with Gasteiger partial charge in [-0.2, -0.15) is 14.1 Å². The Kier molecular flexibility index (Phi) is 5.94. The maximum atomic E-state index is 13.0. The van der Waals surface area contributed by atoms with Gasteiger partial charge >= 0.3 is 0 Å². The van der Waals surface area contributed by atoms with Gasteiger partial charge in [0.1, 0.15) is 5.69 Å². The van der Waals surface area contributed by atoms with Crippen molar-refractivity contribution in [3.63, 3.8) is 0 Å². The zero-order chi connectivity index (χ0) is 22.9. The molecule has 0 unspecified atom stereocenters. The first-order chi connectivity index (χ1) is 15.3.